The van der Waals surface area contributed by atoms with Crippen LogP contribution in [0.5, 0.6) is 0 Å². The van der Waals surface area contributed by atoms with Crippen molar-refractivity contribution >= 4 is 29.9 Å². The molecule has 1 saturated heterocycles. The van der Waals surface area contributed by atoms with Gasteiger partial charge in [-0.05, 0) is 31.6 Å². The van der Waals surface area contributed by atoms with Crippen molar-refractivity contribution in [2.45, 2.75) is 44.8 Å². The molecule has 0 bridgehead atoms. The summed E-state index contributed by atoms with van der Waals surface area (Å²) in [5, 5.41) is 6.58. The first-order chi connectivity index (χ1) is 11.9. The molecule has 1 atom stereocenters. The lowest BCUT2D eigenvalue weighted by atomic mass is 9.85. The van der Waals surface area contributed by atoms with Gasteiger partial charge in [0.2, 0.25) is 0 Å². The number of ether oxygens (including phenoxy) is 1. The molecule has 1 aliphatic carbocycles. The van der Waals surface area contributed by atoms with E-state index in [0.717, 1.165) is 39.4 Å². The molecule has 0 aromatic carbocycles. The van der Waals surface area contributed by atoms with E-state index in [2.05, 4.69) is 27.4 Å². The number of hydrogen-bond donors (Lipinski definition) is 2. The van der Waals surface area contributed by atoms with Crippen LogP contribution in [0.25, 0.3) is 0 Å². The van der Waals surface area contributed by atoms with Gasteiger partial charge in [-0.1, -0.05) is 6.92 Å². The maximum atomic E-state index is 12.7. The quantitative estimate of drug-likeness (QED) is 0.352. The molecule has 9 heteroatoms. The Morgan fingerprint density at radius 3 is 2.35 bits per heavy atom. The number of alkyl halides is 3. The summed E-state index contributed by atoms with van der Waals surface area (Å²) in [4.78, 5) is 6.60. The minimum Gasteiger partial charge on any atom is -0.379 e. The van der Waals surface area contributed by atoms with Crippen LogP contribution in [0.3, 0.4) is 0 Å². The maximum absolute atomic E-state index is 12.7. The molecule has 154 valence electrons. The van der Waals surface area contributed by atoms with Crippen molar-refractivity contribution in [3.05, 3.63) is 0 Å². The fourth-order valence-corrected chi connectivity index (χ4v) is 3.51. The van der Waals surface area contributed by atoms with Crippen molar-refractivity contribution < 1.29 is 17.9 Å². The van der Waals surface area contributed by atoms with Crippen molar-refractivity contribution in [1.29, 1.82) is 0 Å². The van der Waals surface area contributed by atoms with E-state index >= 15 is 0 Å². The molecule has 2 aliphatic rings. The van der Waals surface area contributed by atoms with Gasteiger partial charge in [0, 0.05) is 39.3 Å². The Hall–Kier alpha value is -0.290. The summed E-state index contributed by atoms with van der Waals surface area (Å²) in [6.07, 6.45) is -2.58. The van der Waals surface area contributed by atoms with Crippen molar-refractivity contribution in [3.63, 3.8) is 0 Å². The number of nitrogens with one attached hydrogen (secondary N) is 2. The van der Waals surface area contributed by atoms with Crippen LogP contribution in [-0.2, 0) is 4.74 Å². The molecule has 0 spiro atoms. The largest absolute Gasteiger partial charge is 0.391 e. The van der Waals surface area contributed by atoms with Crippen molar-refractivity contribution in [3.8, 4) is 0 Å². The van der Waals surface area contributed by atoms with Gasteiger partial charge in [0.15, 0.2) is 5.96 Å². The third-order valence-electron chi connectivity index (χ3n) is 5.05. The van der Waals surface area contributed by atoms with E-state index in [1.807, 2.05) is 0 Å². The zero-order chi connectivity index (χ0) is 18.3. The van der Waals surface area contributed by atoms with Gasteiger partial charge in [-0.3, -0.25) is 9.89 Å². The molecule has 2 rings (SSSR count). The molecular weight excluding hydrogens is 460 g/mol. The van der Waals surface area contributed by atoms with Crippen LogP contribution in [0.4, 0.5) is 13.2 Å². The molecule has 5 nitrogen and oxygen atoms in total. The van der Waals surface area contributed by atoms with Gasteiger partial charge in [0.25, 0.3) is 0 Å². The first kappa shape index (κ1) is 23.7. The molecule has 0 aromatic heterocycles. The fourth-order valence-electron chi connectivity index (χ4n) is 3.51. The highest BCUT2D eigenvalue weighted by Crippen LogP contribution is 2.37. The molecule has 0 aromatic rings. The highest BCUT2D eigenvalue weighted by molar-refractivity contribution is 14.0. The Bertz CT molecular complexity index is 423. The smallest absolute Gasteiger partial charge is 0.379 e. The van der Waals surface area contributed by atoms with E-state index in [9.17, 15) is 13.2 Å². The fraction of sp³-hybridized carbons (Fsp3) is 0.941. The normalized spacial score (nSPS) is 26.7. The van der Waals surface area contributed by atoms with Crippen LogP contribution < -0.4 is 10.6 Å². The molecule has 0 amide bonds. The number of hydrogen-bond acceptors (Lipinski definition) is 3. The third-order valence-corrected chi connectivity index (χ3v) is 5.05. The summed E-state index contributed by atoms with van der Waals surface area (Å²) >= 11 is 0. The summed E-state index contributed by atoms with van der Waals surface area (Å²) in [5.74, 6) is -0.00373. The zero-order valence-corrected chi connectivity index (χ0v) is 18.0. The van der Waals surface area contributed by atoms with Crippen LogP contribution in [0.2, 0.25) is 0 Å². The average molecular weight is 492 g/mol. The van der Waals surface area contributed by atoms with Gasteiger partial charge in [-0.15, -0.1) is 24.0 Å². The minimum atomic E-state index is -4.06. The van der Waals surface area contributed by atoms with Gasteiger partial charge in [0.1, 0.15) is 0 Å². The van der Waals surface area contributed by atoms with Crippen molar-refractivity contribution in [2.75, 3.05) is 46.4 Å². The van der Waals surface area contributed by atoms with E-state index in [4.69, 9.17) is 4.74 Å². The second-order valence-electron chi connectivity index (χ2n) is 7.21. The first-order valence-corrected chi connectivity index (χ1v) is 9.22. The molecule has 1 heterocycles. The lowest BCUT2D eigenvalue weighted by Gasteiger charge is -2.32. The first-order valence-electron chi connectivity index (χ1n) is 9.22. The molecule has 1 aliphatic heterocycles. The minimum absolute atomic E-state index is 0. The standard InChI is InChI=1S/C17H31F3N4O.HI/c1-13(12-24-7-9-25-10-8-24)11-22-16(21-2)23-15-5-3-14(4-6-15)17(18,19)20;/h13-15H,3-12H2,1-2H3,(H2,21,22,23);1H. The summed E-state index contributed by atoms with van der Waals surface area (Å²) in [6.45, 7) is 7.51. The second kappa shape index (κ2) is 11.5. The predicted molar refractivity (Wildman–Crippen MR) is 108 cm³/mol. The lowest BCUT2D eigenvalue weighted by Crippen LogP contribution is -2.48. The average Bonchev–Trinajstić information content (AvgIpc) is 2.59. The summed E-state index contributed by atoms with van der Waals surface area (Å²) in [6, 6.07) is 0.0688. The monoisotopic (exact) mass is 492 g/mol. The Balaban J connectivity index is 0.00000338. The number of rotatable bonds is 5. The van der Waals surface area contributed by atoms with E-state index in [0.29, 0.717) is 24.7 Å². The number of aliphatic imine (C=N–C) groups is 1. The molecule has 1 saturated carbocycles. The van der Waals surface area contributed by atoms with Crippen LogP contribution in [-0.4, -0.2) is 69.5 Å². The van der Waals surface area contributed by atoms with Crippen LogP contribution in [0.1, 0.15) is 32.6 Å². The molecule has 1 unspecified atom stereocenters. The predicted octanol–water partition coefficient (Wildman–Crippen LogP) is 2.86. The van der Waals surface area contributed by atoms with Crippen molar-refractivity contribution in [2.24, 2.45) is 16.8 Å². The van der Waals surface area contributed by atoms with Gasteiger partial charge in [-0.2, -0.15) is 13.2 Å². The summed E-state index contributed by atoms with van der Waals surface area (Å²) in [5.41, 5.74) is 0. The SMILES string of the molecule is CN=C(NCC(C)CN1CCOCC1)NC1CCC(C(F)(F)F)CC1.I. The number of morpholine rings is 1. The van der Waals surface area contributed by atoms with Gasteiger partial charge >= 0.3 is 6.18 Å². The molecular formula is C17H32F3IN4O. The van der Waals surface area contributed by atoms with Gasteiger partial charge in [0.05, 0.1) is 19.1 Å². The van der Waals surface area contributed by atoms with Crippen LogP contribution in [0, 0.1) is 11.8 Å². The molecule has 2 N–H and O–H groups in total. The summed E-state index contributed by atoms with van der Waals surface area (Å²) in [7, 11) is 1.70. The van der Waals surface area contributed by atoms with E-state index in [1.165, 1.54) is 0 Å². The Labute approximate surface area is 171 Å². The second-order valence-corrected chi connectivity index (χ2v) is 7.21. The van der Waals surface area contributed by atoms with Crippen LogP contribution in [0.15, 0.2) is 4.99 Å². The number of nitrogens with zero attached hydrogens (tertiary/aromatic N) is 2. The lowest BCUT2D eigenvalue weighted by molar-refractivity contribution is -0.182. The van der Waals surface area contributed by atoms with E-state index < -0.39 is 12.1 Å². The third kappa shape index (κ3) is 8.16. The topological polar surface area (TPSA) is 48.9 Å². The van der Waals surface area contributed by atoms with Gasteiger partial charge < -0.3 is 15.4 Å². The number of halogens is 4. The van der Waals surface area contributed by atoms with E-state index in [1.54, 1.807) is 7.05 Å². The molecule has 26 heavy (non-hydrogen) atoms. The highest BCUT2D eigenvalue weighted by atomic mass is 127. The van der Waals surface area contributed by atoms with Crippen LogP contribution >= 0.6 is 24.0 Å². The molecule has 2 fully saturated rings. The maximum Gasteiger partial charge on any atom is 0.391 e. The zero-order valence-electron chi connectivity index (χ0n) is 15.6. The molecule has 0 radical (unpaired) electrons. The summed E-state index contributed by atoms with van der Waals surface area (Å²) < 4.78 is 43.5. The van der Waals surface area contributed by atoms with Crippen molar-refractivity contribution in [1.82, 2.24) is 15.5 Å². The van der Waals surface area contributed by atoms with E-state index in [-0.39, 0.29) is 42.9 Å². The number of guanidine groups is 1. The Morgan fingerprint density at radius 2 is 1.81 bits per heavy atom. The van der Waals surface area contributed by atoms with Gasteiger partial charge in [-0.25, -0.2) is 0 Å². The highest BCUT2D eigenvalue weighted by Gasteiger charge is 2.41. The Morgan fingerprint density at radius 1 is 1.19 bits per heavy atom. The Kier molecular flexibility index (Phi) is 10.5.